The zero-order valence-electron chi connectivity index (χ0n) is 14.7. The quantitative estimate of drug-likeness (QED) is 0.705. The molecule has 8 nitrogen and oxygen atoms in total. The third kappa shape index (κ3) is 2.97. The van der Waals surface area contributed by atoms with Crippen molar-refractivity contribution >= 4 is 16.9 Å². The van der Waals surface area contributed by atoms with Crippen LogP contribution in [0.25, 0.3) is 11.0 Å². The summed E-state index contributed by atoms with van der Waals surface area (Å²) in [5, 5.41) is 4.26. The molecule has 0 aliphatic carbocycles. The van der Waals surface area contributed by atoms with Crippen LogP contribution >= 0.6 is 0 Å². The number of amides is 1. The second-order valence-corrected chi connectivity index (χ2v) is 6.77. The third-order valence-electron chi connectivity index (χ3n) is 4.92. The topological polar surface area (TPSA) is 82.4 Å². The molecule has 0 bridgehead atoms. The number of rotatable bonds is 3. The second kappa shape index (κ2) is 6.53. The largest absolute Gasteiger partial charge is 0.477 e. The average Bonchev–Trinajstić information content (AvgIpc) is 3.34. The number of para-hydroxylation sites is 2. The number of likely N-dealkylation sites (tertiary alicyclic amines) is 1. The van der Waals surface area contributed by atoms with E-state index in [-0.39, 0.29) is 12.0 Å². The van der Waals surface area contributed by atoms with E-state index in [1.165, 1.54) is 0 Å². The molecule has 1 amide bonds. The molecule has 138 valence electrons. The van der Waals surface area contributed by atoms with Crippen LogP contribution in [0.4, 0.5) is 0 Å². The number of nitrogens with zero attached hydrogens (tertiary/aromatic N) is 5. The van der Waals surface area contributed by atoms with Gasteiger partial charge in [0, 0.05) is 25.9 Å². The van der Waals surface area contributed by atoms with E-state index in [0.29, 0.717) is 37.0 Å². The molecule has 1 aromatic carbocycles. The van der Waals surface area contributed by atoms with Gasteiger partial charge in [-0.2, -0.15) is 5.10 Å². The summed E-state index contributed by atoms with van der Waals surface area (Å²) in [4.78, 5) is 23.5. The summed E-state index contributed by atoms with van der Waals surface area (Å²) < 4.78 is 13.4. The number of ether oxygens (including phenoxy) is 2. The van der Waals surface area contributed by atoms with Crippen LogP contribution in [0.3, 0.4) is 0 Å². The molecule has 1 saturated heterocycles. The van der Waals surface area contributed by atoms with E-state index < -0.39 is 0 Å². The van der Waals surface area contributed by atoms with E-state index in [2.05, 4.69) is 15.1 Å². The van der Waals surface area contributed by atoms with Gasteiger partial charge in [0.25, 0.3) is 5.91 Å². The maximum atomic E-state index is 12.9. The zero-order chi connectivity index (χ0) is 18.2. The van der Waals surface area contributed by atoms with Gasteiger partial charge < -0.3 is 14.4 Å². The molecular formula is C19H19N5O3. The van der Waals surface area contributed by atoms with Crippen molar-refractivity contribution in [2.45, 2.75) is 25.5 Å². The Kier molecular flexibility index (Phi) is 3.88. The lowest BCUT2D eigenvalue weighted by Crippen LogP contribution is -2.31. The highest BCUT2D eigenvalue weighted by atomic mass is 16.5. The number of hydrogen-bond donors (Lipinski definition) is 0. The zero-order valence-corrected chi connectivity index (χ0v) is 14.7. The van der Waals surface area contributed by atoms with Crippen molar-refractivity contribution in [3.8, 4) is 11.8 Å². The summed E-state index contributed by atoms with van der Waals surface area (Å²) in [6.07, 6.45) is 4.80. The van der Waals surface area contributed by atoms with E-state index in [0.717, 1.165) is 30.4 Å². The lowest BCUT2D eigenvalue weighted by atomic mass is 10.3. The molecule has 2 aliphatic heterocycles. The number of aromatic nitrogens is 4. The molecule has 8 heteroatoms. The maximum absolute atomic E-state index is 12.9. The first-order valence-corrected chi connectivity index (χ1v) is 9.14. The molecule has 4 heterocycles. The highest BCUT2D eigenvalue weighted by Crippen LogP contribution is 2.26. The first-order chi connectivity index (χ1) is 13.3. The minimum absolute atomic E-state index is 0.0613. The number of hydrogen-bond acceptors (Lipinski definition) is 6. The number of carbonyl (C=O) groups excluding carboxylic acids is 1. The smallest absolute Gasteiger partial charge is 0.261 e. The van der Waals surface area contributed by atoms with Crippen molar-refractivity contribution < 1.29 is 14.3 Å². The molecule has 0 N–H and O–H groups in total. The van der Waals surface area contributed by atoms with Gasteiger partial charge in [-0.15, -0.1) is 0 Å². The summed E-state index contributed by atoms with van der Waals surface area (Å²) >= 11 is 0. The van der Waals surface area contributed by atoms with Crippen LogP contribution in [0.15, 0.2) is 36.7 Å². The minimum Gasteiger partial charge on any atom is -0.477 e. The Labute approximate surface area is 155 Å². The van der Waals surface area contributed by atoms with Gasteiger partial charge in [-0.3, -0.25) is 4.79 Å². The monoisotopic (exact) mass is 365 g/mol. The van der Waals surface area contributed by atoms with Crippen LogP contribution in [0.2, 0.25) is 0 Å². The Balaban J connectivity index is 1.28. The number of benzene rings is 1. The minimum atomic E-state index is -0.100. The predicted molar refractivity (Wildman–Crippen MR) is 96.8 cm³/mol. The molecule has 3 aromatic rings. The molecule has 1 atom stereocenters. The van der Waals surface area contributed by atoms with E-state index >= 15 is 0 Å². The lowest BCUT2D eigenvalue weighted by Gasteiger charge is -2.19. The van der Waals surface area contributed by atoms with Crippen LogP contribution in [-0.4, -0.2) is 56.4 Å². The Bertz CT molecular complexity index is 1000. The fourth-order valence-corrected chi connectivity index (χ4v) is 3.56. The number of fused-ring (bicyclic) bond motifs is 2. The van der Waals surface area contributed by atoms with Crippen molar-refractivity contribution in [2.75, 3.05) is 19.7 Å². The first-order valence-electron chi connectivity index (χ1n) is 9.14. The van der Waals surface area contributed by atoms with Crippen LogP contribution < -0.4 is 9.47 Å². The molecule has 27 heavy (non-hydrogen) atoms. The van der Waals surface area contributed by atoms with Gasteiger partial charge in [-0.05, 0) is 12.1 Å². The standard InChI is InChI=1S/C19H19N5O3/c25-18(14-10-21-24-7-3-9-26-19(14)24)23-8-6-13(12-23)27-17-11-20-15-4-1-2-5-16(15)22-17/h1-2,4-5,10-11,13H,3,6-9,12H2. The molecule has 1 unspecified atom stereocenters. The van der Waals surface area contributed by atoms with E-state index in [9.17, 15) is 4.79 Å². The first kappa shape index (κ1) is 16.0. The van der Waals surface area contributed by atoms with E-state index in [1.54, 1.807) is 22.0 Å². The second-order valence-electron chi connectivity index (χ2n) is 6.77. The number of carbonyl (C=O) groups is 1. The van der Waals surface area contributed by atoms with Crippen LogP contribution in [0.1, 0.15) is 23.2 Å². The van der Waals surface area contributed by atoms with Gasteiger partial charge in [0.15, 0.2) is 0 Å². The molecule has 0 radical (unpaired) electrons. The van der Waals surface area contributed by atoms with Crippen LogP contribution in [0.5, 0.6) is 11.8 Å². The lowest BCUT2D eigenvalue weighted by molar-refractivity contribution is 0.0764. The summed E-state index contributed by atoms with van der Waals surface area (Å²) in [6, 6.07) is 7.67. The molecule has 1 fully saturated rings. The van der Waals surface area contributed by atoms with E-state index in [1.807, 2.05) is 24.3 Å². The average molecular weight is 365 g/mol. The third-order valence-corrected chi connectivity index (χ3v) is 4.92. The Morgan fingerprint density at radius 3 is 3.00 bits per heavy atom. The van der Waals surface area contributed by atoms with Gasteiger partial charge in [-0.25, -0.2) is 14.6 Å². The SMILES string of the molecule is O=C(c1cnn2c1OCCC2)N1CCC(Oc2cnc3ccccc3n2)C1. The Hall–Kier alpha value is -3.16. The van der Waals surface area contributed by atoms with Gasteiger partial charge >= 0.3 is 0 Å². The molecule has 0 saturated carbocycles. The highest BCUT2D eigenvalue weighted by molar-refractivity contribution is 5.96. The predicted octanol–water partition coefficient (Wildman–Crippen LogP) is 1.90. The molecule has 5 rings (SSSR count). The fraction of sp³-hybridized carbons (Fsp3) is 0.368. The fourth-order valence-electron chi connectivity index (χ4n) is 3.56. The van der Waals surface area contributed by atoms with E-state index in [4.69, 9.17) is 9.47 Å². The van der Waals surface area contributed by atoms with Crippen molar-refractivity contribution in [3.05, 3.63) is 42.2 Å². The Morgan fingerprint density at radius 1 is 1.19 bits per heavy atom. The van der Waals surface area contributed by atoms with Gasteiger partial charge in [0.05, 0.1) is 36.6 Å². The molecule has 2 aromatic heterocycles. The summed E-state index contributed by atoms with van der Waals surface area (Å²) in [5.41, 5.74) is 2.16. The summed E-state index contributed by atoms with van der Waals surface area (Å²) in [7, 11) is 0. The highest BCUT2D eigenvalue weighted by Gasteiger charge is 2.32. The summed E-state index contributed by atoms with van der Waals surface area (Å²) in [5.74, 6) is 1.00. The van der Waals surface area contributed by atoms with Gasteiger partial charge in [0.1, 0.15) is 11.7 Å². The van der Waals surface area contributed by atoms with Gasteiger partial charge in [-0.1, -0.05) is 12.1 Å². The van der Waals surface area contributed by atoms with Crippen molar-refractivity contribution in [1.29, 1.82) is 0 Å². The van der Waals surface area contributed by atoms with Crippen molar-refractivity contribution in [3.63, 3.8) is 0 Å². The molecule has 0 spiro atoms. The molecular weight excluding hydrogens is 346 g/mol. The van der Waals surface area contributed by atoms with Crippen molar-refractivity contribution in [2.24, 2.45) is 0 Å². The normalized spacial score (nSPS) is 19.0. The van der Waals surface area contributed by atoms with Crippen LogP contribution in [0, 0.1) is 0 Å². The number of aryl methyl sites for hydroxylation is 1. The van der Waals surface area contributed by atoms with Gasteiger partial charge in [0.2, 0.25) is 11.8 Å². The maximum Gasteiger partial charge on any atom is 0.261 e. The van der Waals surface area contributed by atoms with Crippen LogP contribution in [-0.2, 0) is 6.54 Å². The Morgan fingerprint density at radius 2 is 2.07 bits per heavy atom. The van der Waals surface area contributed by atoms with Crippen molar-refractivity contribution in [1.82, 2.24) is 24.6 Å². The summed E-state index contributed by atoms with van der Waals surface area (Å²) in [6.45, 7) is 2.56. The molecule has 2 aliphatic rings.